The molecule has 2 aromatic rings. The quantitative estimate of drug-likeness (QED) is 0.925. The van der Waals surface area contributed by atoms with Crippen molar-refractivity contribution in [2.75, 3.05) is 24.7 Å². The van der Waals surface area contributed by atoms with Gasteiger partial charge in [0.15, 0.2) is 6.04 Å². The number of ether oxygens (including phenoxy) is 1. The van der Waals surface area contributed by atoms with E-state index in [9.17, 15) is 9.90 Å². The van der Waals surface area contributed by atoms with Crippen LogP contribution in [-0.2, 0) is 16.0 Å². The lowest BCUT2D eigenvalue weighted by Gasteiger charge is -2.33. The molecule has 0 saturated carbocycles. The van der Waals surface area contributed by atoms with E-state index in [2.05, 4.69) is 23.0 Å². The highest BCUT2D eigenvalue weighted by Gasteiger charge is 2.31. The largest absolute Gasteiger partial charge is 0.480 e. The van der Waals surface area contributed by atoms with E-state index in [1.54, 1.807) is 11.3 Å². The van der Waals surface area contributed by atoms with E-state index in [1.807, 2.05) is 4.90 Å². The number of thiophene rings is 1. The Morgan fingerprint density at radius 3 is 3.20 bits per heavy atom. The molecule has 0 amide bonds. The van der Waals surface area contributed by atoms with Gasteiger partial charge in [-0.05, 0) is 12.5 Å². The van der Waals surface area contributed by atoms with Crippen LogP contribution in [-0.4, -0.2) is 46.8 Å². The van der Waals surface area contributed by atoms with Crippen molar-refractivity contribution in [3.05, 3.63) is 17.3 Å². The van der Waals surface area contributed by atoms with Gasteiger partial charge in [-0.1, -0.05) is 6.92 Å². The highest BCUT2D eigenvalue weighted by molar-refractivity contribution is 7.18. The lowest BCUT2D eigenvalue weighted by atomic mass is 10.2. The Hall–Kier alpha value is -1.73. The Morgan fingerprint density at radius 2 is 2.45 bits per heavy atom. The van der Waals surface area contributed by atoms with E-state index in [0.717, 1.165) is 16.6 Å². The summed E-state index contributed by atoms with van der Waals surface area (Å²) in [5, 5.41) is 10.3. The minimum Gasteiger partial charge on any atom is -0.480 e. The van der Waals surface area contributed by atoms with Crippen molar-refractivity contribution < 1.29 is 14.6 Å². The summed E-state index contributed by atoms with van der Waals surface area (Å²) in [6, 6.07) is 1.37. The average molecular weight is 293 g/mol. The van der Waals surface area contributed by atoms with Crippen LogP contribution in [0.25, 0.3) is 10.2 Å². The second-order valence-electron chi connectivity index (χ2n) is 4.60. The maximum Gasteiger partial charge on any atom is 0.328 e. The number of aromatic nitrogens is 2. The number of morpholine rings is 1. The zero-order valence-corrected chi connectivity index (χ0v) is 11.9. The minimum atomic E-state index is -0.887. The molecule has 1 aliphatic heterocycles. The Balaban J connectivity index is 2.07. The van der Waals surface area contributed by atoms with Crippen molar-refractivity contribution in [2.24, 2.45) is 0 Å². The van der Waals surface area contributed by atoms with E-state index in [0.29, 0.717) is 19.0 Å². The van der Waals surface area contributed by atoms with Crippen LogP contribution in [0.1, 0.15) is 11.8 Å². The molecule has 2 aromatic heterocycles. The molecule has 0 bridgehead atoms. The third-order valence-corrected chi connectivity index (χ3v) is 4.58. The molecule has 106 valence electrons. The molecule has 0 aromatic carbocycles. The van der Waals surface area contributed by atoms with Gasteiger partial charge >= 0.3 is 5.97 Å². The number of carbonyl (C=O) groups is 1. The monoisotopic (exact) mass is 293 g/mol. The molecule has 3 rings (SSSR count). The number of fused-ring (bicyclic) bond motifs is 1. The molecule has 1 aliphatic rings. The average Bonchev–Trinajstić information content (AvgIpc) is 2.90. The molecule has 7 heteroatoms. The van der Waals surface area contributed by atoms with Crippen LogP contribution in [0, 0.1) is 0 Å². The van der Waals surface area contributed by atoms with Gasteiger partial charge in [-0.2, -0.15) is 0 Å². The van der Waals surface area contributed by atoms with Crippen LogP contribution in [0.3, 0.4) is 0 Å². The van der Waals surface area contributed by atoms with Crippen molar-refractivity contribution >= 4 is 33.3 Å². The summed E-state index contributed by atoms with van der Waals surface area (Å²) in [6.45, 7) is 3.32. The zero-order chi connectivity index (χ0) is 14.1. The number of rotatable bonds is 3. The Kier molecular flexibility index (Phi) is 3.54. The van der Waals surface area contributed by atoms with E-state index >= 15 is 0 Å². The Morgan fingerprint density at radius 1 is 1.60 bits per heavy atom. The number of carboxylic acids is 1. The SMILES string of the molecule is CCc1cc2c(N3CCOCC3C(=O)O)ncnc2s1. The number of hydrogen-bond donors (Lipinski definition) is 1. The van der Waals surface area contributed by atoms with Gasteiger partial charge in [0.05, 0.1) is 18.6 Å². The second kappa shape index (κ2) is 5.34. The third kappa shape index (κ3) is 2.23. The van der Waals surface area contributed by atoms with Gasteiger partial charge in [0.1, 0.15) is 17.0 Å². The maximum atomic E-state index is 11.4. The standard InChI is InChI=1S/C13H15N3O3S/c1-2-8-5-9-11(14-7-15-12(9)20-8)16-3-4-19-6-10(16)13(17)18/h5,7,10H,2-4,6H2,1H3,(H,17,18). The van der Waals surface area contributed by atoms with Crippen LogP contribution in [0.15, 0.2) is 12.4 Å². The van der Waals surface area contributed by atoms with Gasteiger partial charge in [-0.15, -0.1) is 11.3 Å². The second-order valence-corrected chi connectivity index (χ2v) is 5.72. The van der Waals surface area contributed by atoms with Crippen molar-refractivity contribution in [3.63, 3.8) is 0 Å². The molecule has 1 unspecified atom stereocenters. The number of anilines is 1. The van der Waals surface area contributed by atoms with Crippen molar-refractivity contribution in [1.82, 2.24) is 9.97 Å². The molecule has 1 saturated heterocycles. The summed E-state index contributed by atoms with van der Waals surface area (Å²) in [6.07, 6.45) is 2.44. The number of aryl methyl sites for hydroxylation is 1. The first kappa shape index (κ1) is 13.3. The van der Waals surface area contributed by atoms with E-state index < -0.39 is 12.0 Å². The molecule has 1 fully saturated rings. The summed E-state index contributed by atoms with van der Waals surface area (Å²) in [4.78, 5) is 23.9. The fraction of sp³-hybridized carbons (Fsp3) is 0.462. The van der Waals surface area contributed by atoms with Crippen LogP contribution < -0.4 is 4.90 Å². The van der Waals surface area contributed by atoms with Crippen LogP contribution in [0.5, 0.6) is 0 Å². The molecular weight excluding hydrogens is 278 g/mol. The summed E-state index contributed by atoms with van der Waals surface area (Å²) >= 11 is 1.63. The number of nitrogens with zero attached hydrogens (tertiary/aromatic N) is 3. The summed E-state index contributed by atoms with van der Waals surface area (Å²) in [5.41, 5.74) is 0. The third-order valence-electron chi connectivity index (χ3n) is 3.39. The normalized spacial score (nSPS) is 19.4. The van der Waals surface area contributed by atoms with Crippen LogP contribution in [0.4, 0.5) is 5.82 Å². The molecule has 0 spiro atoms. The highest BCUT2D eigenvalue weighted by Crippen LogP contribution is 2.31. The van der Waals surface area contributed by atoms with Gasteiger partial charge in [-0.25, -0.2) is 14.8 Å². The number of carboxylic acid groups (broad SMARTS) is 1. The summed E-state index contributed by atoms with van der Waals surface area (Å²) < 4.78 is 5.27. The fourth-order valence-electron chi connectivity index (χ4n) is 2.36. The van der Waals surface area contributed by atoms with E-state index in [4.69, 9.17) is 4.74 Å². The van der Waals surface area contributed by atoms with Crippen molar-refractivity contribution in [2.45, 2.75) is 19.4 Å². The predicted molar refractivity (Wildman–Crippen MR) is 76.4 cm³/mol. The molecular formula is C13H15N3O3S. The lowest BCUT2D eigenvalue weighted by molar-refractivity contribution is -0.141. The molecule has 6 nitrogen and oxygen atoms in total. The molecule has 20 heavy (non-hydrogen) atoms. The number of hydrogen-bond acceptors (Lipinski definition) is 6. The first-order chi connectivity index (χ1) is 9.70. The fourth-order valence-corrected chi connectivity index (χ4v) is 3.29. The molecule has 0 radical (unpaired) electrons. The van der Waals surface area contributed by atoms with Crippen molar-refractivity contribution in [3.8, 4) is 0 Å². The summed E-state index contributed by atoms with van der Waals surface area (Å²) in [7, 11) is 0. The Labute approximate surface area is 120 Å². The van der Waals surface area contributed by atoms with Crippen molar-refractivity contribution in [1.29, 1.82) is 0 Å². The van der Waals surface area contributed by atoms with Gasteiger partial charge in [0.25, 0.3) is 0 Å². The molecule has 1 N–H and O–H groups in total. The molecule has 1 atom stereocenters. The molecule has 0 aliphatic carbocycles. The lowest BCUT2D eigenvalue weighted by Crippen LogP contribution is -2.50. The van der Waals surface area contributed by atoms with Gasteiger partial charge in [0, 0.05) is 11.4 Å². The predicted octanol–water partition coefficient (Wildman–Crippen LogP) is 1.54. The van der Waals surface area contributed by atoms with Crippen LogP contribution >= 0.6 is 11.3 Å². The number of aliphatic carboxylic acids is 1. The zero-order valence-electron chi connectivity index (χ0n) is 11.1. The summed E-state index contributed by atoms with van der Waals surface area (Å²) in [5.74, 6) is -0.191. The van der Waals surface area contributed by atoms with E-state index in [-0.39, 0.29) is 6.61 Å². The maximum absolute atomic E-state index is 11.4. The molecule has 3 heterocycles. The Bertz CT molecular complexity index is 643. The first-order valence-electron chi connectivity index (χ1n) is 6.51. The van der Waals surface area contributed by atoms with Gasteiger partial charge < -0.3 is 14.7 Å². The topological polar surface area (TPSA) is 75.5 Å². The van der Waals surface area contributed by atoms with Crippen LogP contribution in [0.2, 0.25) is 0 Å². The van der Waals surface area contributed by atoms with Gasteiger partial charge in [-0.3, -0.25) is 0 Å². The van der Waals surface area contributed by atoms with E-state index in [1.165, 1.54) is 11.2 Å². The van der Waals surface area contributed by atoms with Gasteiger partial charge in [0.2, 0.25) is 0 Å². The first-order valence-corrected chi connectivity index (χ1v) is 7.33. The minimum absolute atomic E-state index is 0.186. The smallest absolute Gasteiger partial charge is 0.328 e. The highest BCUT2D eigenvalue weighted by atomic mass is 32.1.